The number of pyridine rings is 2. The number of rotatable bonds is 4. The van der Waals surface area contributed by atoms with Gasteiger partial charge in [-0.3, -0.25) is 19.1 Å². The van der Waals surface area contributed by atoms with Crippen molar-refractivity contribution in [2.45, 2.75) is 25.5 Å². The van der Waals surface area contributed by atoms with Gasteiger partial charge in [-0.25, -0.2) is 9.18 Å². The molecule has 0 fully saturated rings. The van der Waals surface area contributed by atoms with E-state index in [1.54, 1.807) is 12.1 Å². The van der Waals surface area contributed by atoms with Gasteiger partial charge in [-0.1, -0.05) is 12.1 Å². The van der Waals surface area contributed by atoms with Gasteiger partial charge in [-0.2, -0.15) is 0 Å². The molecule has 1 aromatic carbocycles. The summed E-state index contributed by atoms with van der Waals surface area (Å²) in [6, 6.07) is 5.81. The van der Waals surface area contributed by atoms with Crippen LogP contribution in [-0.2, 0) is 22.5 Å². The third-order valence-electron chi connectivity index (χ3n) is 5.44. The Hall–Kier alpha value is -3.95. The van der Waals surface area contributed by atoms with E-state index in [9.17, 15) is 23.9 Å². The molecule has 0 saturated heterocycles. The molecule has 1 atom stereocenters. The molecule has 1 aliphatic rings. The van der Waals surface area contributed by atoms with E-state index in [4.69, 9.17) is 9.47 Å². The Morgan fingerprint density at radius 3 is 2.66 bits per heavy atom. The number of aromatic nitrogens is 2. The molecule has 0 aliphatic carbocycles. The molecule has 166 valence electrons. The normalized spacial score (nSPS) is 17.0. The number of amides is 1. The second kappa shape index (κ2) is 7.63. The van der Waals surface area contributed by atoms with Crippen molar-refractivity contribution in [1.29, 1.82) is 0 Å². The number of aromatic hydroxyl groups is 1. The maximum Gasteiger partial charge on any atom is 0.351 e. The highest BCUT2D eigenvalue weighted by Gasteiger charge is 2.44. The predicted octanol–water partition coefficient (Wildman–Crippen LogP) is 1.52. The maximum absolute atomic E-state index is 13.3. The van der Waals surface area contributed by atoms with Crippen LogP contribution >= 0.6 is 0 Å². The highest BCUT2D eigenvalue weighted by atomic mass is 19.1. The van der Waals surface area contributed by atoms with E-state index in [-0.39, 0.29) is 35.6 Å². The largest absolute Gasteiger partial charge is 0.505 e. The van der Waals surface area contributed by atoms with Gasteiger partial charge in [0, 0.05) is 25.2 Å². The van der Waals surface area contributed by atoms with Crippen LogP contribution in [-0.4, -0.2) is 46.3 Å². The summed E-state index contributed by atoms with van der Waals surface area (Å²) in [5, 5.41) is 13.0. The van der Waals surface area contributed by atoms with Crippen molar-refractivity contribution >= 4 is 22.9 Å². The smallest absolute Gasteiger partial charge is 0.351 e. The zero-order chi connectivity index (χ0) is 23.2. The molecule has 0 radical (unpaired) electrons. The number of nitrogens with zero attached hydrogens (tertiary/aromatic N) is 2. The fraction of sp³-hybridized carbons (Fsp3) is 0.273. The minimum Gasteiger partial charge on any atom is -0.505 e. The molecule has 1 aliphatic heterocycles. The molecule has 32 heavy (non-hydrogen) atoms. The fourth-order valence-electron chi connectivity index (χ4n) is 3.83. The Morgan fingerprint density at radius 2 is 2.03 bits per heavy atom. The number of halogens is 1. The Bertz CT molecular complexity index is 1320. The zero-order valence-electron chi connectivity index (χ0n) is 17.6. The van der Waals surface area contributed by atoms with E-state index in [1.807, 2.05) is 0 Å². The minimum atomic E-state index is -1.58. The number of methoxy groups -OCH3 is 1. The molecule has 4 rings (SSSR count). The van der Waals surface area contributed by atoms with Crippen LogP contribution in [0.1, 0.15) is 28.4 Å². The van der Waals surface area contributed by atoms with E-state index < -0.39 is 34.3 Å². The van der Waals surface area contributed by atoms with E-state index in [0.29, 0.717) is 5.56 Å². The number of hydrogen-bond acceptors (Lipinski definition) is 7. The lowest BCUT2D eigenvalue weighted by atomic mass is 9.99. The summed E-state index contributed by atoms with van der Waals surface area (Å²) in [5.74, 6) is -2.33. The third-order valence-corrected chi connectivity index (χ3v) is 5.44. The van der Waals surface area contributed by atoms with Crippen molar-refractivity contribution in [2.75, 3.05) is 14.2 Å². The highest BCUT2D eigenvalue weighted by molar-refractivity contribution is 6.02. The molecule has 10 heteroatoms. The van der Waals surface area contributed by atoms with Crippen molar-refractivity contribution in [2.24, 2.45) is 0 Å². The number of esters is 1. The molecule has 0 spiro atoms. The van der Waals surface area contributed by atoms with Crippen molar-refractivity contribution < 1.29 is 28.6 Å². The molecular formula is C22H20FN3O6. The van der Waals surface area contributed by atoms with Gasteiger partial charge in [-0.15, -0.1) is 0 Å². The summed E-state index contributed by atoms with van der Waals surface area (Å²) < 4.78 is 25.4. The lowest BCUT2D eigenvalue weighted by Gasteiger charge is -2.35. The summed E-state index contributed by atoms with van der Waals surface area (Å²) in [7, 11) is 2.53. The number of carbonyl (C=O) groups is 2. The summed E-state index contributed by atoms with van der Waals surface area (Å²) in [5.41, 5.74) is -1.49. The molecule has 2 aromatic heterocycles. The molecule has 0 unspecified atom stereocenters. The van der Waals surface area contributed by atoms with Gasteiger partial charge >= 0.3 is 5.97 Å². The maximum atomic E-state index is 13.3. The van der Waals surface area contributed by atoms with Crippen LogP contribution in [0.2, 0.25) is 0 Å². The highest BCUT2D eigenvalue weighted by Crippen LogP contribution is 2.40. The Labute approximate surface area is 181 Å². The zero-order valence-corrected chi connectivity index (χ0v) is 17.6. The molecule has 0 saturated carbocycles. The van der Waals surface area contributed by atoms with Crippen molar-refractivity contribution in [3.63, 3.8) is 0 Å². The van der Waals surface area contributed by atoms with E-state index >= 15 is 0 Å². The van der Waals surface area contributed by atoms with Crippen LogP contribution < -0.4 is 15.6 Å². The Balaban J connectivity index is 2.01. The van der Waals surface area contributed by atoms with Crippen LogP contribution in [0.5, 0.6) is 11.5 Å². The fourth-order valence-corrected chi connectivity index (χ4v) is 3.83. The number of benzene rings is 1. The number of carbonyl (C=O) groups excluding carboxylic acids is 2. The topological polar surface area (TPSA) is 120 Å². The molecule has 3 aromatic rings. The van der Waals surface area contributed by atoms with E-state index in [2.05, 4.69) is 10.3 Å². The second-order valence-corrected chi connectivity index (χ2v) is 7.63. The van der Waals surface area contributed by atoms with Crippen LogP contribution in [0.25, 0.3) is 11.0 Å². The van der Waals surface area contributed by atoms with Crippen molar-refractivity contribution in [3.05, 3.63) is 63.3 Å². The standard InChI is InChI=1S/C22H20FN3O6/c1-22(21(30)31-3)10-26-16-15(17(27)14(20(26)29)19(28)24-2)25-9-12(18(16)32-22)8-11-4-6-13(23)7-5-11/h4-7,9,27H,8,10H2,1-3H3,(H,24,28)/t22-/m0/s1. The molecular weight excluding hydrogens is 421 g/mol. The SMILES string of the molecule is CNC(=O)c1c(O)c2ncc(Cc3ccc(F)cc3)c3c2n(c1=O)C[C@@](C)(C(=O)OC)O3. The van der Waals surface area contributed by atoms with Gasteiger partial charge < -0.3 is 19.9 Å². The monoisotopic (exact) mass is 441 g/mol. The van der Waals surface area contributed by atoms with Crippen LogP contribution in [0, 0.1) is 5.82 Å². The molecule has 1 amide bonds. The van der Waals surface area contributed by atoms with Crippen LogP contribution in [0.15, 0.2) is 35.3 Å². The average Bonchev–Trinajstić information content (AvgIpc) is 2.78. The first-order valence-corrected chi connectivity index (χ1v) is 9.71. The first kappa shape index (κ1) is 21.3. The summed E-state index contributed by atoms with van der Waals surface area (Å²) in [6.07, 6.45) is 1.67. The van der Waals surface area contributed by atoms with Gasteiger partial charge in [-0.05, 0) is 24.6 Å². The van der Waals surface area contributed by atoms with Crippen molar-refractivity contribution in [3.8, 4) is 11.5 Å². The van der Waals surface area contributed by atoms with E-state index in [1.165, 1.54) is 44.0 Å². The molecule has 2 N–H and O–H groups in total. The molecule has 9 nitrogen and oxygen atoms in total. The predicted molar refractivity (Wildman–Crippen MR) is 111 cm³/mol. The lowest BCUT2D eigenvalue weighted by Crippen LogP contribution is -2.51. The third kappa shape index (κ3) is 3.24. The number of hydrogen-bond donors (Lipinski definition) is 2. The Kier molecular flexibility index (Phi) is 5.08. The van der Waals surface area contributed by atoms with Gasteiger partial charge in [0.2, 0.25) is 5.60 Å². The van der Waals surface area contributed by atoms with Gasteiger partial charge in [0.1, 0.15) is 22.4 Å². The van der Waals surface area contributed by atoms with Gasteiger partial charge in [0.15, 0.2) is 11.5 Å². The molecule has 0 bridgehead atoms. The van der Waals surface area contributed by atoms with Crippen molar-refractivity contribution in [1.82, 2.24) is 14.9 Å². The number of ether oxygens (including phenoxy) is 2. The van der Waals surface area contributed by atoms with E-state index in [0.717, 1.165) is 5.56 Å². The summed E-state index contributed by atoms with van der Waals surface area (Å²) in [4.78, 5) is 42.3. The average molecular weight is 441 g/mol. The first-order chi connectivity index (χ1) is 15.2. The summed E-state index contributed by atoms with van der Waals surface area (Å²) in [6.45, 7) is 1.21. The van der Waals surface area contributed by atoms with Crippen LogP contribution in [0.3, 0.4) is 0 Å². The summed E-state index contributed by atoms with van der Waals surface area (Å²) >= 11 is 0. The quantitative estimate of drug-likeness (QED) is 0.589. The van der Waals surface area contributed by atoms with Gasteiger partial charge in [0.05, 0.1) is 13.7 Å². The Morgan fingerprint density at radius 1 is 1.34 bits per heavy atom. The minimum absolute atomic E-state index is 0.0204. The molecule has 3 heterocycles. The van der Waals surface area contributed by atoms with Gasteiger partial charge in [0.25, 0.3) is 11.5 Å². The van der Waals surface area contributed by atoms with Crippen LogP contribution in [0.4, 0.5) is 4.39 Å². The lowest BCUT2D eigenvalue weighted by molar-refractivity contribution is -0.159. The first-order valence-electron chi connectivity index (χ1n) is 9.71. The number of nitrogens with one attached hydrogen (secondary N) is 1. The second-order valence-electron chi connectivity index (χ2n) is 7.63.